The lowest BCUT2D eigenvalue weighted by Crippen LogP contribution is -2.38. The van der Waals surface area contributed by atoms with Crippen LogP contribution < -0.4 is 11.3 Å². The molecule has 3 aliphatic carbocycles. The summed E-state index contributed by atoms with van der Waals surface area (Å²) >= 11 is 0. The van der Waals surface area contributed by atoms with Crippen molar-refractivity contribution in [1.82, 2.24) is 5.43 Å². The fourth-order valence-electron chi connectivity index (χ4n) is 5.29. The second-order valence-corrected chi connectivity index (χ2v) is 7.04. The van der Waals surface area contributed by atoms with Crippen LogP contribution >= 0.6 is 0 Å². The summed E-state index contributed by atoms with van der Waals surface area (Å²) in [5.41, 5.74) is 3.15. The molecule has 0 radical (unpaired) electrons. The molecular formula is C16H30N2. The highest BCUT2D eigenvalue weighted by molar-refractivity contribution is 5.15. The number of rotatable bonds is 8. The van der Waals surface area contributed by atoms with Gasteiger partial charge in [-0.05, 0) is 55.3 Å². The molecule has 0 saturated heterocycles. The third-order valence-electron chi connectivity index (χ3n) is 6.09. The van der Waals surface area contributed by atoms with E-state index in [-0.39, 0.29) is 0 Å². The molecule has 0 aliphatic heterocycles. The Kier molecular flexibility index (Phi) is 3.95. The van der Waals surface area contributed by atoms with Crippen molar-refractivity contribution in [1.29, 1.82) is 0 Å². The van der Waals surface area contributed by atoms with E-state index in [2.05, 4.69) is 12.3 Å². The van der Waals surface area contributed by atoms with Crippen LogP contribution in [0.5, 0.6) is 0 Å². The molecule has 0 heterocycles. The molecule has 2 heteroatoms. The highest BCUT2D eigenvalue weighted by atomic mass is 15.2. The molecular weight excluding hydrogens is 220 g/mol. The van der Waals surface area contributed by atoms with E-state index < -0.39 is 0 Å². The van der Waals surface area contributed by atoms with Gasteiger partial charge >= 0.3 is 0 Å². The molecule has 3 fully saturated rings. The Morgan fingerprint density at radius 3 is 2.33 bits per heavy atom. The van der Waals surface area contributed by atoms with Gasteiger partial charge in [0.05, 0.1) is 0 Å². The normalized spacial score (nSPS) is 42.0. The molecule has 0 amide bonds. The van der Waals surface area contributed by atoms with Crippen LogP contribution in [-0.2, 0) is 0 Å². The van der Waals surface area contributed by atoms with E-state index in [4.69, 9.17) is 5.84 Å². The van der Waals surface area contributed by atoms with E-state index in [1.807, 2.05) is 0 Å². The Hall–Kier alpha value is -0.0800. The van der Waals surface area contributed by atoms with Crippen molar-refractivity contribution in [3.8, 4) is 0 Å². The Morgan fingerprint density at radius 2 is 1.72 bits per heavy atom. The minimum atomic E-state index is 0.630. The van der Waals surface area contributed by atoms with Crippen molar-refractivity contribution in [2.75, 3.05) is 0 Å². The first-order valence-corrected chi connectivity index (χ1v) is 8.33. The molecule has 0 aromatic rings. The molecule has 2 bridgehead atoms. The number of hydrogen-bond donors (Lipinski definition) is 2. The standard InChI is InChI=1S/C16H30N2/c1-2-3-4-5-6-7-13(18-17)16-14-11-8-9-12(10-11)15(14)16/h11-16,18H,2-10,17H2,1H3. The lowest BCUT2D eigenvalue weighted by Gasteiger charge is -2.19. The van der Waals surface area contributed by atoms with Crippen molar-refractivity contribution >= 4 is 0 Å². The number of unbranched alkanes of at least 4 members (excludes halogenated alkanes) is 4. The van der Waals surface area contributed by atoms with Gasteiger partial charge in [-0.25, -0.2) is 0 Å². The van der Waals surface area contributed by atoms with E-state index in [0.717, 1.165) is 29.6 Å². The second kappa shape index (κ2) is 5.50. The molecule has 0 spiro atoms. The molecule has 3 rings (SSSR count). The minimum absolute atomic E-state index is 0.630. The minimum Gasteiger partial charge on any atom is -0.271 e. The molecule has 5 unspecified atom stereocenters. The van der Waals surface area contributed by atoms with E-state index in [0.29, 0.717) is 6.04 Å². The number of nitrogens with one attached hydrogen (secondary N) is 1. The fourth-order valence-corrected chi connectivity index (χ4v) is 5.29. The topological polar surface area (TPSA) is 38.0 Å². The van der Waals surface area contributed by atoms with Gasteiger partial charge in [-0.3, -0.25) is 11.3 Å². The summed E-state index contributed by atoms with van der Waals surface area (Å²) in [6.07, 6.45) is 12.9. The van der Waals surface area contributed by atoms with E-state index >= 15 is 0 Å². The Balaban J connectivity index is 1.41. The number of nitrogens with two attached hydrogens (primary N) is 1. The molecule has 3 saturated carbocycles. The summed E-state index contributed by atoms with van der Waals surface area (Å²) in [5.74, 6) is 11.1. The lowest BCUT2D eigenvalue weighted by atomic mass is 9.94. The smallest absolute Gasteiger partial charge is 0.0244 e. The first-order chi connectivity index (χ1) is 8.86. The molecule has 0 aromatic heterocycles. The van der Waals surface area contributed by atoms with E-state index in [9.17, 15) is 0 Å². The highest BCUT2D eigenvalue weighted by Crippen LogP contribution is 2.70. The quantitative estimate of drug-likeness (QED) is 0.393. The van der Waals surface area contributed by atoms with Crippen molar-refractivity contribution in [3.63, 3.8) is 0 Å². The maximum Gasteiger partial charge on any atom is 0.0244 e. The fraction of sp³-hybridized carbons (Fsp3) is 1.00. The summed E-state index contributed by atoms with van der Waals surface area (Å²) in [4.78, 5) is 0. The van der Waals surface area contributed by atoms with Crippen molar-refractivity contribution < 1.29 is 0 Å². The van der Waals surface area contributed by atoms with Gasteiger partial charge in [0.2, 0.25) is 0 Å². The lowest BCUT2D eigenvalue weighted by molar-refractivity contribution is 0.343. The van der Waals surface area contributed by atoms with Gasteiger partial charge in [0.25, 0.3) is 0 Å². The Bertz CT molecular complexity index is 262. The average molecular weight is 250 g/mol. The summed E-state index contributed by atoms with van der Waals surface area (Å²) in [5, 5.41) is 0. The summed E-state index contributed by atoms with van der Waals surface area (Å²) in [7, 11) is 0. The summed E-state index contributed by atoms with van der Waals surface area (Å²) in [6.45, 7) is 2.28. The van der Waals surface area contributed by atoms with Gasteiger partial charge in [-0.15, -0.1) is 0 Å². The van der Waals surface area contributed by atoms with Crippen molar-refractivity contribution in [3.05, 3.63) is 0 Å². The van der Waals surface area contributed by atoms with Crippen molar-refractivity contribution in [2.45, 2.75) is 70.8 Å². The first-order valence-electron chi connectivity index (χ1n) is 8.33. The molecule has 3 aliphatic rings. The van der Waals surface area contributed by atoms with Crippen LogP contribution in [0.3, 0.4) is 0 Å². The Labute approximate surface area is 112 Å². The molecule has 18 heavy (non-hydrogen) atoms. The Morgan fingerprint density at radius 1 is 1.06 bits per heavy atom. The van der Waals surface area contributed by atoms with Crippen LogP contribution in [0.2, 0.25) is 0 Å². The van der Waals surface area contributed by atoms with Gasteiger partial charge in [-0.1, -0.05) is 39.0 Å². The second-order valence-electron chi connectivity index (χ2n) is 7.04. The van der Waals surface area contributed by atoms with E-state index in [1.165, 1.54) is 51.4 Å². The van der Waals surface area contributed by atoms with E-state index in [1.54, 1.807) is 6.42 Å². The average Bonchev–Trinajstić information content (AvgIpc) is 2.81. The van der Waals surface area contributed by atoms with Gasteiger partial charge in [0, 0.05) is 6.04 Å². The largest absolute Gasteiger partial charge is 0.271 e. The number of fused-ring (bicyclic) bond motifs is 5. The summed E-state index contributed by atoms with van der Waals surface area (Å²) in [6, 6.07) is 0.630. The van der Waals surface area contributed by atoms with Crippen LogP contribution in [0.1, 0.15) is 64.7 Å². The third kappa shape index (κ3) is 2.22. The van der Waals surface area contributed by atoms with Crippen LogP contribution in [0.15, 0.2) is 0 Å². The third-order valence-corrected chi connectivity index (χ3v) is 6.09. The maximum atomic E-state index is 5.82. The first kappa shape index (κ1) is 12.9. The van der Waals surface area contributed by atoms with Crippen LogP contribution in [0.4, 0.5) is 0 Å². The zero-order valence-electron chi connectivity index (χ0n) is 11.9. The number of hydrogen-bond acceptors (Lipinski definition) is 2. The van der Waals surface area contributed by atoms with Crippen LogP contribution in [-0.4, -0.2) is 6.04 Å². The molecule has 2 nitrogen and oxygen atoms in total. The summed E-state index contributed by atoms with van der Waals surface area (Å²) < 4.78 is 0. The zero-order valence-corrected chi connectivity index (χ0v) is 11.9. The van der Waals surface area contributed by atoms with Crippen LogP contribution in [0, 0.1) is 29.6 Å². The maximum absolute atomic E-state index is 5.82. The monoisotopic (exact) mass is 250 g/mol. The van der Waals surface area contributed by atoms with Crippen molar-refractivity contribution in [2.24, 2.45) is 35.4 Å². The molecule has 104 valence electrons. The SMILES string of the molecule is CCCCCCCC(NN)C1C2C3CCC(C3)C21. The predicted octanol–water partition coefficient (Wildman–Crippen LogP) is 3.47. The predicted molar refractivity (Wildman–Crippen MR) is 75.8 cm³/mol. The van der Waals surface area contributed by atoms with Gasteiger partial charge in [-0.2, -0.15) is 0 Å². The molecule has 0 aromatic carbocycles. The molecule has 3 N–H and O–H groups in total. The van der Waals surface area contributed by atoms with Gasteiger partial charge < -0.3 is 0 Å². The zero-order chi connectivity index (χ0) is 12.5. The molecule has 5 atom stereocenters. The van der Waals surface area contributed by atoms with Crippen LogP contribution in [0.25, 0.3) is 0 Å². The number of hydrazine groups is 1. The highest BCUT2D eigenvalue weighted by Gasteiger charge is 2.66. The van der Waals surface area contributed by atoms with Gasteiger partial charge in [0.1, 0.15) is 0 Å². The van der Waals surface area contributed by atoms with Gasteiger partial charge in [0.15, 0.2) is 0 Å².